The monoisotopic (exact) mass is 243 g/mol. The Morgan fingerprint density at radius 3 is 2.65 bits per heavy atom. The van der Waals surface area contributed by atoms with Crippen molar-refractivity contribution in [2.45, 2.75) is 38.6 Å². The van der Waals surface area contributed by atoms with E-state index >= 15 is 0 Å². The summed E-state index contributed by atoms with van der Waals surface area (Å²) >= 11 is 0. The quantitative estimate of drug-likeness (QED) is 0.473. The molecule has 0 aliphatic rings. The van der Waals surface area contributed by atoms with Crippen LogP contribution in [0.25, 0.3) is 0 Å². The number of carboxylic acids is 1. The van der Waals surface area contributed by atoms with Crippen molar-refractivity contribution >= 4 is 11.9 Å². The Kier molecular flexibility index (Phi) is 7.21. The summed E-state index contributed by atoms with van der Waals surface area (Å²) in [4.78, 5) is 22.5. The molecule has 0 rings (SSSR count). The zero-order valence-electron chi connectivity index (χ0n) is 10.5. The van der Waals surface area contributed by atoms with E-state index in [1.807, 2.05) is 0 Å². The van der Waals surface area contributed by atoms with Gasteiger partial charge in [-0.3, -0.25) is 4.79 Å². The van der Waals surface area contributed by atoms with Crippen LogP contribution in [0.5, 0.6) is 0 Å². The van der Waals surface area contributed by atoms with Gasteiger partial charge in [-0.05, 0) is 19.8 Å². The Morgan fingerprint density at radius 1 is 1.53 bits per heavy atom. The van der Waals surface area contributed by atoms with E-state index in [4.69, 9.17) is 9.84 Å². The van der Waals surface area contributed by atoms with Crippen molar-refractivity contribution in [1.82, 2.24) is 5.32 Å². The Bertz CT molecular complexity index is 278. The molecule has 0 aliphatic heterocycles. The number of carbonyl (C=O) groups excluding carboxylic acids is 1. The normalized spacial score (nSPS) is 13.8. The minimum atomic E-state index is -1.18. The third-order valence-electron chi connectivity index (χ3n) is 2.52. The summed E-state index contributed by atoms with van der Waals surface area (Å²) in [5.41, 5.74) is -1.18. The maximum absolute atomic E-state index is 11.5. The molecular formula is C12H21NO4. The number of amides is 1. The summed E-state index contributed by atoms with van der Waals surface area (Å²) in [5.74, 6) is -1.28. The standard InChI is InChI=1S/C12H21NO4/c1-4-8-17-9-6-7-10(14)13-12(3,5-2)11(15)16/h4H,1,5-9H2,2-3H3,(H,13,14)(H,15,16). The molecule has 2 N–H and O–H groups in total. The number of hydrogen-bond donors (Lipinski definition) is 2. The molecule has 1 amide bonds. The van der Waals surface area contributed by atoms with Crippen LogP contribution in [0.2, 0.25) is 0 Å². The summed E-state index contributed by atoms with van der Waals surface area (Å²) in [7, 11) is 0. The summed E-state index contributed by atoms with van der Waals surface area (Å²) in [6.45, 7) is 7.66. The first-order chi connectivity index (χ1) is 7.96. The second-order valence-corrected chi connectivity index (χ2v) is 4.01. The highest BCUT2D eigenvalue weighted by Gasteiger charge is 2.32. The van der Waals surface area contributed by atoms with Gasteiger partial charge >= 0.3 is 5.97 Å². The van der Waals surface area contributed by atoms with Gasteiger partial charge in [0.05, 0.1) is 6.61 Å². The summed E-state index contributed by atoms with van der Waals surface area (Å²) < 4.78 is 5.12. The van der Waals surface area contributed by atoms with Crippen molar-refractivity contribution in [1.29, 1.82) is 0 Å². The fraction of sp³-hybridized carbons (Fsp3) is 0.667. The minimum Gasteiger partial charge on any atom is -0.480 e. The Labute approximate surface area is 102 Å². The molecule has 0 aromatic heterocycles. The van der Waals surface area contributed by atoms with Gasteiger partial charge in [-0.25, -0.2) is 4.79 Å². The number of carbonyl (C=O) groups is 2. The lowest BCUT2D eigenvalue weighted by Gasteiger charge is -2.24. The van der Waals surface area contributed by atoms with Crippen molar-refractivity contribution in [3.05, 3.63) is 12.7 Å². The van der Waals surface area contributed by atoms with Crippen LogP contribution in [0.4, 0.5) is 0 Å². The van der Waals surface area contributed by atoms with Crippen LogP contribution < -0.4 is 5.32 Å². The van der Waals surface area contributed by atoms with Crippen molar-refractivity contribution in [3.63, 3.8) is 0 Å². The van der Waals surface area contributed by atoms with Crippen LogP contribution in [0.3, 0.4) is 0 Å². The molecule has 5 nitrogen and oxygen atoms in total. The van der Waals surface area contributed by atoms with Crippen LogP contribution in [-0.4, -0.2) is 35.7 Å². The lowest BCUT2D eigenvalue weighted by Crippen LogP contribution is -2.51. The predicted molar refractivity (Wildman–Crippen MR) is 64.7 cm³/mol. The van der Waals surface area contributed by atoms with E-state index in [0.717, 1.165) is 0 Å². The molecule has 1 unspecified atom stereocenters. The first-order valence-corrected chi connectivity index (χ1v) is 5.69. The van der Waals surface area contributed by atoms with E-state index in [1.165, 1.54) is 6.92 Å². The molecular weight excluding hydrogens is 222 g/mol. The van der Waals surface area contributed by atoms with Crippen molar-refractivity contribution in [2.75, 3.05) is 13.2 Å². The fourth-order valence-electron chi connectivity index (χ4n) is 1.16. The number of hydrogen-bond acceptors (Lipinski definition) is 3. The second-order valence-electron chi connectivity index (χ2n) is 4.01. The van der Waals surface area contributed by atoms with E-state index in [-0.39, 0.29) is 12.3 Å². The van der Waals surface area contributed by atoms with Crippen LogP contribution in [0.1, 0.15) is 33.1 Å². The molecule has 0 bridgehead atoms. The van der Waals surface area contributed by atoms with Gasteiger partial charge in [-0.1, -0.05) is 13.0 Å². The molecule has 0 fully saturated rings. The molecule has 0 saturated carbocycles. The average molecular weight is 243 g/mol. The maximum atomic E-state index is 11.5. The fourth-order valence-corrected chi connectivity index (χ4v) is 1.16. The van der Waals surface area contributed by atoms with Crippen molar-refractivity contribution in [3.8, 4) is 0 Å². The topological polar surface area (TPSA) is 75.6 Å². The number of carboxylic acid groups (broad SMARTS) is 1. The molecule has 0 aliphatic carbocycles. The number of aliphatic carboxylic acids is 1. The zero-order valence-corrected chi connectivity index (χ0v) is 10.5. The van der Waals surface area contributed by atoms with Gasteiger partial charge in [0.15, 0.2) is 0 Å². The van der Waals surface area contributed by atoms with Gasteiger partial charge < -0.3 is 15.2 Å². The van der Waals surface area contributed by atoms with E-state index in [0.29, 0.717) is 26.1 Å². The largest absolute Gasteiger partial charge is 0.480 e. The van der Waals surface area contributed by atoms with Gasteiger partial charge in [0, 0.05) is 13.0 Å². The highest BCUT2D eigenvalue weighted by atomic mass is 16.5. The zero-order chi connectivity index (χ0) is 13.3. The van der Waals surface area contributed by atoms with E-state index < -0.39 is 11.5 Å². The highest BCUT2D eigenvalue weighted by molar-refractivity contribution is 5.86. The molecule has 5 heteroatoms. The molecule has 0 saturated heterocycles. The van der Waals surface area contributed by atoms with Crippen LogP contribution in [0, 0.1) is 0 Å². The average Bonchev–Trinajstić information content (AvgIpc) is 2.28. The van der Waals surface area contributed by atoms with Crippen LogP contribution in [-0.2, 0) is 14.3 Å². The molecule has 98 valence electrons. The number of rotatable bonds is 9. The van der Waals surface area contributed by atoms with Gasteiger partial charge in [0.1, 0.15) is 5.54 Å². The predicted octanol–water partition coefficient (Wildman–Crippen LogP) is 1.34. The van der Waals surface area contributed by atoms with Crippen molar-refractivity contribution < 1.29 is 19.4 Å². The van der Waals surface area contributed by atoms with Gasteiger partial charge in [-0.2, -0.15) is 0 Å². The summed E-state index contributed by atoms with van der Waals surface area (Å²) in [6.07, 6.45) is 2.82. The Balaban J connectivity index is 3.92. The first-order valence-electron chi connectivity index (χ1n) is 5.69. The molecule has 0 heterocycles. The number of nitrogens with one attached hydrogen (secondary N) is 1. The summed E-state index contributed by atoms with van der Waals surface area (Å²) in [5, 5.41) is 11.5. The molecule has 1 atom stereocenters. The smallest absolute Gasteiger partial charge is 0.329 e. The lowest BCUT2D eigenvalue weighted by atomic mass is 9.99. The van der Waals surface area contributed by atoms with E-state index in [9.17, 15) is 9.59 Å². The third kappa shape index (κ3) is 6.06. The van der Waals surface area contributed by atoms with Crippen LogP contribution in [0.15, 0.2) is 12.7 Å². The molecule has 0 aromatic rings. The number of ether oxygens (including phenoxy) is 1. The maximum Gasteiger partial charge on any atom is 0.329 e. The van der Waals surface area contributed by atoms with Gasteiger partial charge in [0.2, 0.25) is 5.91 Å². The third-order valence-corrected chi connectivity index (χ3v) is 2.52. The van der Waals surface area contributed by atoms with Gasteiger partial charge in [-0.15, -0.1) is 6.58 Å². The van der Waals surface area contributed by atoms with Crippen LogP contribution >= 0.6 is 0 Å². The molecule has 17 heavy (non-hydrogen) atoms. The van der Waals surface area contributed by atoms with Crippen molar-refractivity contribution in [2.24, 2.45) is 0 Å². The van der Waals surface area contributed by atoms with E-state index in [1.54, 1.807) is 13.0 Å². The second kappa shape index (κ2) is 7.84. The minimum absolute atomic E-state index is 0.264. The SMILES string of the molecule is C=CCOCCCC(=O)NC(C)(CC)C(=O)O. The Hall–Kier alpha value is -1.36. The summed E-state index contributed by atoms with van der Waals surface area (Å²) in [6, 6.07) is 0. The molecule has 0 radical (unpaired) electrons. The van der Waals surface area contributed by atoms with Gasteiger partial charge in [0.25, 0.3) is 0 Å². The van der Waals surface area contributed by atoms with E-state index in [2.05, 4.69) is 11.9 Å². The highest BCUT2D eigenvalue weighted by Crippen LogP contribution is 2.09. The molecule has 0 spiro atoms. The molecule has 0 aromatic carbocycles. The first kappa shape index (κ1) is 15.6. The Morgan fingerprint density at radius 2 is 2.18 bits per heavy atom. The lowest BCUT2D eigenvalue weighted by molar-refractivity contribution is -0.147.